The van der Waals surface area contributed by atoms with Crippen molar-refractivity contribution in [3.8, 4) is 0 Å². The molecule has 1 saturated carbocycles. The Morgan fingerprint density at radius 1 is 1.20 bits per heavy atom. The molecule has 0 aromatic carbocycles. The highest BCUT2D eigenvalue weighted by Gasteiger charge is 2.29. The number of nitrogens with one attached hydrogen (secondary N) is 1. The molecule has 2 rings (SSSR count). The average Bonchev–Trinajstić information content (AvgIpc) is 2.66. The minimum absolute atomic E-state index is 0.118. The molecule has 0 radical (unpaired) electrons. The van der Waals surface area contributed by atoms with Crippen LogP contribution in [0.2, 0.25) is 0 Å². The lowest BCUT2D eigenvalue weighted by molar-refractivity contribution is 0.0504. The number of rotatable bonds is 3. The molecule has 3 heteroatoms. The molecule has 1 unspecified atom stereocenters. The van der Waals surface area contributed by atoms with E-state index in [-0.39, 0.29) is 6.10 Å². The Kier molecular flexibility index (Phi) is 4.00. The normalized spacial score (nSPS) is 35.6. The van der Waals surface area contributed by atoms with Crippen molar-refractivity contribution in [3.05, 3.63) is 0 Å². The molecule has 1 saturated heterocycles. The van der Waals surface area contributed by atoms with Crippen molar-refractivity contribution in [2.75, 3.05) is 13.2 Å². The minimum atomic E-state index is -0.118. The molecule has 3 atom stereocenters. The van der Waals surface area contributed by atoms with Gasteiger partial charge in [-0.15, -0.1) is 0 Å². The fourth-order valence-corrected chi connectivity index (χ4v) is 2.82. The van der Waals surface area contributed by atoms with Gasteiger partial charge in [-0.1, -0.05) is 0 Å². The van der Waals surface area contributed by atoms with Crippen LogP contribution in [0.15, 0.2) is 0 Å². The fourth-order valence-electron chi connectivity index (χ4n) is 2.82. The lowest BCUT2D eigenvalue weighted by Gasteiger charge is -2.31. The van der Waals surface area contributed by atoms with Crippen molar-refractivity contribution in [1.29, 1.82) is 0 Å². The largest absolute Gasteiger partial charge is 0.392 e. The standard InChI is InChI=1S/C12H23NO2/c1-9(10-5-7-15-8-6-10)13-11-3-2-4-12(11)14/h9-14H,2-8H2,1H3/t9?,11-,12-/m1/s1. The zero-order valence-electron chi connectivity index (χ0n) is 9.61. The van der Waals surface area contributed by atoms with E-state index in [9.17, 15) is 5.11 Å². The average molecular weight is 213 g/mol. The minimum Gasteiger partial charge on any atom is -0.392 e. The fraction of sp³-hybridized carbons (Fsp3) is 1.00. The molecule has 15 heavy (non-hydrogen) atoms. The molecule has 2 aliphatic rings. The Labute approximate surface area is 92.2 Å². The Balaban J connectivity index is 1.77. The molecule has 0 amide bonds. The van der Waals surface area contributed by atoms with Crippen LogP contribution in [0.3, 0.4) is 0 Å². The summed E-state index contributed by atoms with van der Waals surface area (Å²) in [5, 5.41) is 13.3. The smallest absolute Gasteiger partial charge is 0.0693 e. The highest BCUT2D eigenvalue weighted by Crippen LogP contribution is 2.23. The number of ether oxygens (including phenoxy) is 1. The Hall–Kier alpha value is -0.120. The van der Waals surface area contributed by atoms with Crippen LogP contribution in [0.4, 0.5) is 0 Å². The first-order valence-corrected chi connectivity index (χ1v) is 6.29. The second-order valence-electron chi connectivity index (χ2n) is 5.01. The van der Waals surface area contributed by atoms with Gasteiger partial charge in [0.2, 0.25) is 0 Å². The van der Waals surface area contributed by atoms with Crippen molar-refractivity contribution in [2.24, 2.45) is 5.92 Å². The van der Waals surface area contributed by atoms with E-state index < -0.39 is 0 Å². The SMILES string of the molecule is CC(N[C@@H]1CCC[C@H]1O)C1CCOCC1. The molecule has 1 aliphatic heterocycles. The number of hydrogen-bond acceptors (Lipinski definition) is 3. The van der Waals surface area contributed by atoms with E-state index in [1.807, 2.05) is 0 Å². The van der Waals surface area contributed by atoms with Gasteiger partial charge in [0.25, 0.3) is 0 Å². The van der Waals surface area contributed by atoms with E-state index in [0.29, 0.717) is 12.1 Å². The van der Waals surface area contributed by atoms with Gasteiger partial charge in [0.05, 0.1) is 6.10 Å². The first kappa shape index (κ1) is 11.4. The maximum atomic E-state index is 9.75. The summed E-state index contributed by atoms with van der Waals surface area (Å²) >= 11 is 0. The molecule has 0 spiro atoms. The molecule has 2 fully saturated rings. The number of aliphatic hydroxyl groups excluding tert-OH is 1. The second-order valence-corrected chi connectivity index (χ2v) is 5.01. The third-order valence-corrected chi connectivity index (χ3v) is 3.93. The van der Waals surface area contributed by atoms with Gasteiger partial charge in [-0.2, -0.15) is 0 Å². The highest BCUT2D eigenvalue weighted by atomic mass is 16.5. The molecular formula is C12H23NO2. The zero-order valence-corrected chi connectivity index (χ0v) is 9.61. The van der Waals surface area contributed by atoms with Crippen LogP contribution in [0, 0.1) is 5.92 Å². The summed E-state index contributed by atoms with van der Waals surface area (Å²) in [6, 6.07) is 0.856. The van der Waals surface area contributed by atoms with Gasteiger partial charge in [0, 0.05) is 25.3 Å². The van der Waals surface area contributed by atoms with Crippen LogP contribution >= 0.6 is 0 Å². The number of hydrogen-bond donors (Lipinski definition) is 2. The van der Waals surface area contributed by atoms with Gasteiger partial charge in [-0.25, -0.2) is 0 Å². The van der Waals surface area contributed by atoms with E-state index in [4.69, 9.17) is 4.74 Å². The van der Waals surface area contributed by atoms with Crippen molar-refractivity contribution < 1.29 is 9.84 Å². The summed E-state index contributed by atoms with van der Waals surface area (Å²) in [5.41, 5.74) is 0. The van der Waals surface area contributed by atoms with Gasteiger partial charge in [-0.3, -0.25) is 0 Å². The summed E-state index contributed by atoms with van der Waals surface area (Å²) in [4.78, 5) is 0. The van der Waals surface area contributed by atoms with Gasteiger partial charge in [-0.05, 0) is 44.9 Å². The summed E-state index contributed by atoms with van der Waals surface area (Å²) in [5.74, 6) is 0.728. The number of aliphatic hydroxyl groups is 1. The maximum Gasteiger partial charge on any atom is 0.0693 e. The second kappa shape index (κ2) is 5.28. The van der Waals surface area contributed by atoms with E-state index in [2.05, 4.69) is 12.2 Å². The van der Waals surface area contributed by atoms with Gasteiger partial charge < -0.3 is 15.2 Å². The molecular weight excluding hydrogens is 190 g/mol. The lowest BCUT2D eigenvalue weighted by Crippen LogP contribution is -2.45. The third kappa shape index (κ3) is 2.92. The van der Waals surface area contributed by atoms with Gasteiger partial charge in [0.1, 0.15) is 0 Å². The molecule has 3 nitrogen and oxygen atoms in total. The molecule has 0 aromatic heterocycles. The highest BCUT2D eigenvalue weighted by molar-refractivity contribution is 4.86. The van der Waals surface area contributed by atoms with Crippen LogP contribution in [0.25, 0.3) is 0 Å². The topological polar surface area (TPSA) is 41.5 Å². The Morgan fingerprint density at radius 2 is 1.93 bits per heavy atom. The zero-order chi connectivity index (χ0) is 10.7. The van der Waals surface area contributed by atoms with Crippen LogP contribution in [0.1, 0.15) is 39.0 Å². The van der Waals surface area contributed by atoms with Crippen LogP contribution in [-0.4, -0.2) is 36.5 Å². The third-order valence-electron chi connectivity index (χ3n) is 3.93. The van der Waals surface area contributed by atoms with Crippen molar-refractivity contribution in [2.45, 2.75) is 57.2 Å². The van der Waals surface area contributed by atoms with Gasteiger partial charge >= 0.3 is 0 Å². The molecule has 88 valence electrons. The summed E-state index contributed by atoms with van der Waals surface area (Å²) in [7, 11) is 0. The van der Waals surface area contributed by atoms with Gasteiger partial charge in [0.15, 0.2) is 0 Å². The summed E-state index contributed by atoms with van der Waals surface area (Å²) in [6.07, 6.45) is 5.48. The van der Waals surface area contributed by atoms with Crippen molar-refractivity contribution in [3.63, 3.8) is 0 Å². The van der Waals surface area contributed by atoms with Crippen LogP contribution < -0.4 is 5.32 Å². The first-order chi connectivity index (χ1) is 7.27. The molecule has 0 aromatic rings. The Bertz CT molecular complexity index is 192. The van der Waals surface area contributed by atoms with Crippen molar-refractivity contribution >= 4 is 0 Å². The lowest BCUT2D eigenvalue weighted by atomic mass is 9.92. The molecule has 1 heterocycles. The van der Waals surface area contributed by atoms with E-state index in [0.717, 1.165) is 44.8 Å². The predicted octanol–water partition coefficient (Wildman–Crippen LogP) is 1.30. The summed E-state index contributed by atoms with van der Waals surface area (Å²) < 4.78 is 5.36. The first-order valence-electron chi connectivity index (χ1n) is 6.29. The predicted molar refractivity (Wildman–Crippen MR) is 59.8 cm³/mol. The van der Waals surface area contributed by atoms with Crippen LogP contribution in [-0.2, 0) is 4.74 Å². The van der Waals surface area contributed by atoms with E-state index >= 15 is 0 Å². The molecule has 2 N–H and O–H groups in total. The van der Waals surface area contributed by atoms with Crippen LogP contribution in [0.5, 0.6) is 0 Å². The maximum absolute atomic E-state index is 9.75. The molecule has 0 bridgehead atoms. The quantitative estimate of drug-likeness (QED) is 0.742. The van der Waals surface area contributed by atoms with E-state index in [1.165, 1.54) is 6.42 Å². The molecule has 1 aliphatic carbocycles. The van der Waals surface area contributed by atoms with E-state index in [1.54, 1.807) is 0 Å². The Morgan fingerprint density at radius 3 is 2.53 bits per heavy atom. The monoisotopic (exact) mass is 213 g/mol. The summed E-state index contributed by atoms with van der Waals surface area (Å²) in [6.45, 7) is 4.06. The van der Waals surface area contributed by atoms with Crippen molar-refractivity contribution in [1.82, 2.24) is 5.32 Å².